The second-order valence-corrected chi connectivity index (χ2v) is 5.51. The molecule has 1 aromatic heterocycles. The Morgan fingerprint density at radius 2 is 2.37 bits per heavy atom. The summed E-state index contributed by atoms with van der Waals surface area (Å²) in [6, 6.07) is 2.00. The van der Waals surface area contributed by atoms with Crippen molar-refractivity contribution in [3.05, 3.63) is 30.6 Å². The predicted molar refractivity (Wildman–Crippen MR) is 71.4 cm³/mol. The number of esters is 1. The highest BCUT2D eigenvalue weighted by molar-refractivity contribution is 5.76. The van der Waals surface area contributed by atoms with Crippen molar-refractivity contribution in [2.24, 2.45) is 11.8 Å². The Labute approximate surface area is 113 Å². The third-order valence-electron chi connectivity index (χ3n) is 4.03. The molecule has 102 valence electrons. The molecular formula is C15H20N2O2. The van der Waals surface area contributed by atoms with Crippen LogP contribution < -0.4 is 0 Å². The van der Waals surface area contributed by atoms with Gasteiger partial charge in [-0.3, -0.25) is 9.48 Å². The van der Waals surface area contributed by atoms with Crippen molar-refractivity contribution < 1.29 is 9.53 Å². The van der Waals surface area contributed by atoms with Crippen molar-refractivity contribution in [2.45, 2.75) is 38.1 Å². The summed E-state index contributed by atoms with van der Waals surface area (Å²) in [6.07, 6.45) is 13.8. The van der Waals surface area contributed by atoms with Gasteiger partial charge in [0.1, 0.15) is 6.61 Å². The number of carbonyl (C=O) groups excluding carboxylic acids is 1. The SMILES string of the molecule is O=C1OCC=CC1C(CCCC1CC1)n1cccn1. The fourth-order valence-corrected chi connectivity index (χ4v) is 2.77. The molecule has 2 heterocycles. The van der Waals surface area contributed by atoms with Gasteiger partial charge >= 0.3 is 5.97 Å². The summed E-state index contributed by atoms with van der Waals surface area (Å²) in [6.45, 7) is 0.406. The van der Waals surface area contributed by atoms with E-state index in [9.17, 15) is 4.79 Å². The van der Waals surface area contributed by atoms with E-state index in [2.05, 4.69) is 5.10 Å². The molecule has 0 amide bonds. The molecule has 0 radical (unpaired) electrons. The summed E-state index contributed by atoms with van der Waals surface area (Å²) in [5, 5.41) is 4.31. The van der Waals surface area contributed by atoms with E-state index in [1.165, 1.54) is 19.3 Å². The van der Waals surface area contributed by atoms with Crippen LogP contribution in [0.5, 0.6) is 0 Å². The van der Waals surface area contributed by atoms with Gasteiger partial charge in [-0.1, -0.05) is 37.8 Å². The van der Waals surface area contributed by atoms with Crippen molar-refractivity contribution in [3.8, 4) is 0 Å². The average Bonchev–Trinajstić information content (AvgIpc) is 3.08. The van der Waals surface area contributed by atoms with Crippen LogP contribution in [0.1, 0.15) is 38.1 Å². The van der Waals surface area contributed by atoms with E-state index < -0.39 is 0 Å². The number of rotatable bonds is 6. The topological polar surface area (TPSA) is 44.1 Å². The van der Waals surface area contributed by atoms with E-state index in [0.717, 1.165) is 18.8 Å². The van der Waals surface area contributed by atoms with Crippen LogP contribution in [0.4, 0.5) is 0 Å². The first kappa shape index (κ1) is 12.5. The lowest BCUT2D eigenvalue weighted by Gasteiger charge is -2.26. The molecule has 1 fully saturated rings. The minimum Gasteiger partial charge on any atom is -0.461 e. The van der Waals surface area contributed by atoms with Crippen LogP contribution in [0.3, 0.4) is 0 Å². The summed E-state index contributed by atoms with van der Waals surface area (Å²) in [5.41, 5.74) is 0. The third kappa shape index (κ3) is 3.06. The number of hydrogen-bond acceptors (Lipinski definition) is 3. The van der Waals surface area contributed by atoms with Crippen molar-refractivity contribution in [1.29, 1.82) is 0 Å². The van der Waals surface area contributed by atoms with Crippen LogP contribution >= 0.6 is 0 Å². The lowest BCUT2D eigenvalue weighted by molar-refractivity contribution is -0.148. The Kier molecular flexibility index (Phi) is 3.67. The first-order valence-corrected chi connectivity index (χ1v) is 7.17. The van der Waals surface area contributed by atoms with Crippen molar-refractivity contribution in [3.63, 3.8) is 0 Å². The van der Waals surface area contributed by atoms with Gasteiger partial charge < -0.3 is 4.74 Å². The molecular weight excluding hydrogens is 240 g/mol. The molecule has 1 aliphatic carbocycles. The van der Waals surface area contributed by atoms with Gasteiger partial charge in [-0.2, -0.15) is 5.10 Å². The summed E-state index contributed by atoms with van der Waals surface area (Å²) >= 11 is 0. The molecule has 0 aromatic carbocycles. The standard InChI is InChI=1S/C15H20N2O2/c18-15-13(5-2-11-19-15)14(17-10-3-9-16-17)6-1-4-12-7-8-12/h2-3,5,9-10,12-14H,1,4,6-8,11H2. The smallest absolute Gasteiger partial charge is 0.315 e. The van der Waals surface area contributed by atoms with Crippen molar-refractivity contribution >= 4 is 5.97 Å². The molecule has 4 nitrogen and oxygen atoms in total. The van der Waals surface area contributed by atoms with Crippen LogP contribution in [-0.4, -0.2) is 22.4 Å². The zero-order valence-corrected chi connectivity index (χ0v) is 11.1. The molecule has 1 saturated carbocycles. The Balaban J connectivity index is 1.69. The zero-order valence-electron chi connectivity index (χ0n) is 11.1. The fraction of sp³-hybridized carbons (Fsp3) is 0.600. The molecule has 1 aromatic rings. The van der Waals surface area contributed by atoms with E-state index in [1.54, 1.807) is 6.20 Å². The van der Waals surface area contributed by atoms with Crippen LogP contribution in [0.2, 0.25) is 0 Å². The summed E-state index contributed by atoms with van der Waals surface area (Å²) in [4.78, 5) is 11.9. The Morgan fingerprint density at radius 3 is 3.05 bits per heavy atom. The van der Waals surface area contributed by atoms with Gasteiger partial charge in [0.05, 0.1) is 12.0 Å². The van der Waals surface area contributed by atoms with Gasteiger partial charge in [0.15, 0.2) is 0 Å². The lowest BCUT2D eigenvalue weighted by atomic mass is 9.93. The van der Waals surface area contributed by atoms with Crippen LogP contribution in [-0.2, 0) is 9.53 Å². The molecule has 2 unspecified atom stereocenters. The van der Waals surface area contributed by atoms with Gasteiger partial charge in [-0.25, -0.2) is 0 Å². The van der Waals surface area contributed by atoms with Gasteiger partial charge in [0.2, 0.25) is 0 Å². The molecule has 2 atom stereocenters. The number of nitrogens with zero attached hydrogens (tertiary/aromatic N) is 2. The first-order chi connectivity index (χ1) is 9.34. The number of ether oxygens (including phenoxy) is 1. The van der Waals surface area contributed by atoms with Crippen molar-refractivity contribution in [1.82, 2.24) is 9.78 Å². The van der Waals surface area contributed by atoms with Crippen LogP contribution in [0.15, 0.2) is 30.6 Å². The molecule has 0 N–H and O–H groups in total. The van der Waals surface area contributed by atoms with E-state index in [1.807, 2.05) is 29.1 Å². The normalized spacial score (nSPS) is 24.2. The maximum absolute atomic E-state index is 11.9. The average molecular weight is 260 g/mol. The molecule has 2 aliphatic rings. The van der Waals surface area contributed by atoms with Gasteiger partial charge in [0, 0.05) is 12.4 Å². The zero-order chi connectivity index (χ0) is 13.1. The number of cyclic esters (lactones) is 1. The maximum Gasteiger partial charge on any atom is 0.315 e. The van der Waals surface area contributed by atoms with Gasteiger partial charge in [-0.05, 0) is 18.4 Å². The molecule has 19 heavy (non-hydrogen) atoms. The second kappa shape index (κ2) is 5.59. The third-order valence-corrected chi connectivity index (χ3v) is 4.03. The van der Waals surface area contributed by atoms with Crippen LogP contribution in [0, 0.1) is 11.8 Å². The summed E-state index contributed by atoms with van der Waals surface area (Å²) < 4.78 is 7.05. The monoisotopic (exact) mass is 260 g/mol. The molecule has 1 aliphatic heterocycles. The molecule has 0 saturated heterocycles. The molecule has 0 spiro atoms. The Morgan fingerprint density at radius 1 is 1.47 bits per heavy atom. The van der Waals surface area contributed by atoms with Crippen molar-refractivity contribution in [2.75, 3.05) is 6.61 Å². The Hall–Kier alpha value is -1.58. The molecule has 3 rings (SSSR count). The van der Waals surface area contributed by atoms with E-state index in [4.69, 9.17) is 4.74 Å². The quantitative estimate of drug-likeness (QED) is 0.583. The summed E-state index contributed by atoms with van der Waals surface area (Å²) in [5.74, 6) is 0.634. The molecule has 0 bridgehead atoms. The minimum atomic E-state index is -0.187. The van der Waals surface area contributed by atoms with E-state index >= 15 is 0 Å². The predicted octanol–water partition coefficient (Wildman–Crippen LogP) is 2.73. The van der Waals surface area contributed by atoms with Gasteiger partial charge in [0.25, 0.3) is 0 Å². The highest BCUT2D eigenvalue weighted by Crippen LogP contribution is 2.36. The molecule has 4 heteroatoms. The first-order valence-electron chi connectivity index (χ1n) is 7.17. The van der Waals surface area contributed by atoms with E-state index in [0.29, 0.717) is 6.61 Å². The Bertz CT molecular complexity index is 449. The largest absolute Gasteiger partial charge is 0.461 e. The van der Waals surface area contributed by atoms with Crippen LogP contribution in [0.25, 0.3) is 0 Å². The van der Waals surface area contributed by atoms with E-state index in [-0.39, 0.29) is 17.9 Å². The highest BCUT2D eigenvalue weighted by atomic mass is 16.5. The summed E-state index contributed by atoms with van der Waals surface area (Å²) in [7, 11) is 0. The number of hydrogen-bond donors (Lipinski definition) is 0. The maximum atomic E-state index is 11.9. The van der Waals surface area contributed by atoms with Gasteiger partial charge in [-0.15, -0.1) is 0 Å². The highest BCUT2D eigenvalue weighted by Gasteiger charge is 2.31. The fourth-order valence-electron chi connectivity index (χ4n) is 2.77. The number of aromatic nitrogens is 2. The second-order valence-electron chi connectivity index (χ2n) is 5.51. The minimum absolute atomic E-state index is 0.0952. The number of carbonyl (C=O) groups is 1. The lowest BCUT2D eigenvalue weighted by Crippen LogP contribution is -2.29.